The summed E-state index contributed by atoms with van der Waals surface area (Å²) < 4.78 is 37.0. The second-order valence-electron chi connectivity index (χ2n) is 4.38. The molecule has 0 aliphatic carbocycles. The molecular formula is C12H11F2NO3. The number of alkyl carbamates (subject to hydrolysis) is 1. The fourth-order valence-corrected chi connectivity index (χ4v) is 2.22. The predicted molar refractivity (Wildman–Crippen MR) is 57.8 cm³/mol. The van der Waals surface area contributed by atoms with Gasteiger partial charge in [0.25, 0.3) is 0 Å². The molecule has 18 heavy (non-hydrogen) atoms. The Morgan fingerprint density at radius 2 is 2.17 bits per heavy atom. The van der Waals surface area contributed by atoms with E-state index in [0.29, 0.717) is 18.6 Å². The van der Waals surface area contributed by atoms with Gasteiger partial charge in [-0.25, -0.2) is 13.6 Å². The summed E-state index contributed by atoms with van der Waals surface area (Å²) in [5, 5.41) is 2.16. The summed E-state index contributed by atoms with van der Waals surface area (Å²) in [7, 11) is 0. The first-order valence-corrected chi connectivity index (χ1v) is 5.63. The standard InChI is InChI=1S/C12H11F2NO3/c13-12(14)6-18-11(16)15-10(12)8-1-2-9-7(5-8)3-4-17-9/h1-2,5,10H,3-4,6H2,(H,15,16)/t10-/m0/s1. The average Bonchev–Trinajstić information content (AvgIpc) is 2.79. The zero-order valence-corrected chi connectivity index (χ0v) is 9.41. The first-order valence-electron chi connectivity index (χ1n) is 5.63. The molecule has 0 bridgehead atoms. The number of carbonyl (C=O) groups excluding carboxylic acids is 1. The molecule has 1 amide bonds. The molecule has 1 aromatic carbocycles. The first kappa shape index (κ1) is 11.3. The number of hydrogen-bond donors (Lipinski definition) is 1. The van der Waals surface area contributed by atoms with Gasteiger partial charge in [0.2, 0.25) is 0 Å². The summed E-state index contributed by atoms with van der Waals surface area (Å²) in [5.41, 5.74) is 1.27. The summed E-state index contributed by atoms with van der Waals surface area (Å²) in [5.74, 6) is -2.39. The molecule has 3 rings (SSSR count). The Kier molecular flexibility index (Phi) is 2.39. The topological polar surface area (TPSA) is 47.6 Å². The second kappa shape index (κ2) is 3.83. The lowest BCUT2D eigenvalue weighted by molar-refractivity contribution is -0.104. The van der Waals surface area contributed by atoms with Gasteiger partial charge in [-0.3, -0.25) is 0 Å². The van der Waals surface area contributed by atoms with Crippen molar-refractivity contribution in [3.8, 4) is 5.75 Å². The van der Waals surface area contributed by atoms with E-state index >= 15 is 0 Å². The molecule has 4 nitrogen and oxygen atoms in total. The summed E-state index contributed by atoms with van der Waals surface area (Å²) >= 11 is 0. The van der Waals surface area contributed by atoms with E-state index < -0.39 is 24.7 Å². The Morgan fingerprint density at radius 1 is 1.33 bits per heavy atom. The van der Waals surface area contributed by atoms with E-state index in [9.17, 15) is 13.6 Å². The van der Waals surface area contributed by atoms with Gasteiger partial charge < -0.3 is 14.8 Å². The molecule has 2 aliphatic heterocycles. The van der Waals surface area contributed by atoms with Crippen molar-refractivity contribution in [1.29, 1.82) is 0 Å². The van der Waals surface area contributed by atoms with Gasteiger partial charge in [0.15, 0.2) is 6.61 Å². The average molecular weight is 255 g/mol. The van der Waals surface area contributed by atoms with Gasteiger partial charge >= 0.3 is 12.0 Å². The molecule has 0 unspecified atom stereocenters. The van der Waals surface area contributed by atoms with Crippen LogP contribution in [0.5, 0.6) is 5.75 Å². The quantitative estimate of drug-likeness (QED) is 0.835. The van der Waals surface area contributed by atoms with E-state index in [0.717, 1.165) is 11.3 Å². The van der Waals surface area contributed by atoms with E-state index in [1.165, 1.54) is 0 Å². The number of rotatable bonds is 1. The lowest BCUT2D eigenvalue weighted by atomic mass is 9.97. The lowest BCUT2D eigenvalue weighted by Gasteiger charge is -2.31. The van der Waals surface area contributed by atoms with E-state index in [1.807, 2.05) is 0 Å². The van der Waals surface area contributed by atoms with Crippen LogP contribution in [0.2, 0.25) is 0 Å². The van der Waals surface area contributed by atoms with Crippen molar-refractivity contribution in [1.82, 2.24) is 5.32 Å². The smallest absolute Gasteiger partial charge is 0.408 e. The number of fused-ring (bicyclic) bond motifs is 1. The van der Waals surface area contributed by atoms with Crippen LogP contribution in [0.1, 0.15) is 17.2 Å². The Labute approximate surface area is 102 Å². The second-order valence-corrected chi connectivity index (χ2v) is 4.38. The van der Waals surface area contributed by atoms with Gasteiger partial charge in [0.05, 0.1) is 6.61 Å². The summed E-state index contributed by atoms with van der Waals surface area (Å²) in [6.45, 7) is -0.327. The summed E-state index contributed by atoms with van der Waals surface area (Å²) in [4.78, 5) is 11.1. The van der Waals surface area contributed by atoms with Crippen LogP contribution in [0.15, 0.2) is 18.2 Å². The van der Waals surface area contributed by atoms with E-state index in [2.05, 4.69) is 10.1 Å². The van der Waals surface area contributed by atoms with Gasteiger partial charge in [-0.2, -0.15) is 0 Å². The van der Waals surface area contributed by atoms with Gasteiger partial charge in [-0.1, -0.05) is 6.07 Å². The Bertz CT molecular complexity index is 504. The van der Waals surface area contributed by atoms with Gasteiger partial charge in [0, 0.05) is 6.42 Å². The minimum absolute atomic E-state index is 0.376. The minimum Gasteiger partial charge on any atom is -0.493 e. The van der Waals surface area contributed by atoms with Crippen LogP contribution in [0.3, 0.4) is 0 Å². The van der Waals surface area contributed by atoms with Crippen molar-refractivity contribution in [3.05, 3.63) is 29.3 Å². The van der Waals surface area contributed by atoms with Crippen LogP contribution in [0, 0.1) is 0 Å². The van der Waals surface area contributed by atoms with Crippen molar-refractivity contribution >= 4 is 6.09 Å². The third kappa shape index (κ3) is 1.77. The fraction of sp³-hybridized carbons (Fsp3) is 0.417. The molecule has 1 fully saturated rings. The van der Waals surface area contributed by atoms with Crippen LogP contribution in [-0.4, -0.2) is 25.2 Å². The Morgan fingerprint density at radius 3 is 3.00 bits per heavy atom. The third-order valence-corrected chi connectivity index (χ3v) is 3.13. The zero-order chi connectivity index (χ0) is 12.8. The number of cyclic esters (lactones) is 1. The van der Waals surface area contributed by atoms with Crippen molar-refractivity contribution in [2.45, 2.75) is 18.4 Å². The molecule has 0 radical (unpaired) electrons. The van der Waals surface area contributed by atoms with Crippen LogP contribution >= 0.6 is 0 Å². The molecule has 96 valence electrons. The highest BCUT2D eigenvalue weighted by Crippen LogP contribution is 2.37. The van der Waals surface area contributed by atoms with Crippen molar-refractivity contribution in [2.24, 2.45) is 0 Å². The van der Waals surface area contributed by atoms with Gasteiger partial charge in [0.1, 0.15) is 11.8 Å². The first-order chi connectivity index (χ1) is 8.56. The van der Waals surface area contributed by atoms with Crippen LogP contribution in [0.4, 0.5) is 13.6 Å². The maximum absolute atomic E-state index is 13.7. The molecule has 0 spiro atoms. The summed E-state index contributed by atoms with van der Waals surface area (Å²) in [6, 6.07) is 3.53. The number of carbonyl (C=O) groups is 1. The molecule has 1 saturated heterocycles. The maximum Gasteiger partial charge on any atom is 0.408 e. The molecule has 1 N–H and O–H groups in total. The Hall–Kier alpha value is -1.85. The Balaban J connectivity index is 1.95. The predicted octanol–water partition coefficient (Wildman–Crippen LogP) is 2.04. The number of halogens is 2. The largest absolute Gasteiger partial charge is 0.493 e. The molecule has 0 saturated carbocycles. The van der Waals surface area contributed by atoms with Crippen LogP contribution in [-0.2, 0) is 11.2 Å². The maximum atomic E-state index is 13.7. The molecule has 6 heteroatoms. The third-order valence-electron chi connectivity index (χ3n) is 3.13. The number of ether oxygens (including phenoxy) is 2. The number of alkyl halides is 2. The lowest BCUT2D eigenvalue weighted by Crippen LogP contribution is -2.49. The summed E-state index contributed by atoms with van der Waals surface area (Å²) in [6.07, 6.45) is -0.117. The molecule has 2 heterocycles. The van der Waals surface area contributed by atoms with E-state index in [-0.39, 0.29) is 0 Å². The SMILES string of the molecule is O=C1N[C@@H](c2ccc3c(c2)CCO3)C(F)(F)CO1. The highest BCUT2D eigenvalue weighted by atomic mass is 19.3. The molecular weight excluding hydrogens is 244 g/mol. The van der Waals surface area contributed by atoms with Gasteiger partial charge in [-0.05, 0) is 23.3 Å². The highest BCUT2D eigenvalue weighted by molar-refractivity contribution is 5.69. The zero-order valence-electron chi connectivity index (χ0n) is 9.41. The van der Waals surface area contributed by atoms with Crippen LogP contribution < -0.4 is 10.1 Å². The number of hydrogen-bond acceptors (Lipinski definition) is 3. The molecule has 2 aliphatic rings. The number of benzene rings is 1. The minimum atomic E-state index is -3.11. The number of nitrogens with one attached hydrogen (secondary N) is 1. The van der Waals surface area contributed by atoms with Crippen molar-refractivity contribution < 1.29 is 23.0 Å². The normalized spacial score (nSPS) is 24.8. The van der Waals surface area contributed by atoms with Crippen molar-refractivity contribution in [2.75, 3.05) is 13.2 Å². The molecule has 0 aromatic heterocycles. The van der Waals surface area contributed by atoms with E-state index in [4.69, 9.17) is 4.74 Å². The van der Waals surface area contributed by atoms with Crippen molar-refractivity contribution in [3.63, 3.8) is 0 Å². The molecule has 1 aromatic rings. The monoisotopic (exact) mass is 255 g/mol. The molecule has 1 atom stereocenters. The van der Waals surface area contributed by atoms with Gasteiger partial charge in [-0.15, -0.1) is 0 Å². The fourth-order valence-electron chi connectivity index (χ4n) is 2.22. The number of amides is 1. The highest BCUT2D eigenvalue weighted by Gasteiger charge is 2.46. The van der Waals surface area contributed by atoms with E-state index in [1.54, 1.807) is 18.2 Å². The van der Waals surface area contributed by atoms with Crippen LogP contribution in [0.25, 0.3) is 0 Å².